The monoisotopic (exact) mass is 684 g/mol. The van der Waals surface area contributed by atoms with Gasteiger partial charge in [0.1, 0.15) is 22.6 Å². The first-order valence-electron chi connectivity index (χ1n) is 15.8. The van der Waals surface area contributed by atoms with Crippen LogP contribution in [-0.4, -0.2) is 44.7 Å². The van der Waals surface area contributed by atoms with E-state index in [0.29, 0.717) is 17.5 Å². The number of aldehydes is 2. The molecule has 0 unspecified atom stereocenters. The number of aromatic amines is 1. The SMILES string of the molecule is O=Cc1ccc(C2=C3C=CC(=N3)C(c3nccs3)=c3ccc([nH]3)=C(c3ccc(C=O)cc3)C3=NC(=C(c4nccs4)C4=NC2=CC4)C=C3)cc1. The normalized spacial score (nSPS) is 16.6. The summed E-state index contributed by atoms with van der Waals surface area (Å²) in [6, 6.07) is 19.2. The van der Waals surface area contributed by atoms with Crippen LogP contribution in [0.2, 0.25) is 0 Å². The van der Waals surface area contributed by atoms with Crippen LogP contribution in [0.4, 0.5) is 0 Å². The number of hydrogen-bond acceptors (Lipinski definition) is 9. The van der Waals surface area contributed by atoms with Crippen LogP contribution in [0.3, 0.4) is 0 Å². The van der Waals surface area contributed by atoms with Crippen molar-refractivity contribution in [3.05, 3.63) is 174 Å². The molecule has 0 amide bonds. The van der Waals surface area contributed by atoms with E-state index < -0.39 is 0 Å². The van der Waals surface area contributed by atoms with Gasteiger partial charge in [0.05, 0.1) is 50.7 Å². The Balaban J connectivity index is 1.38. The number of hydrogen-bond donors (Lipinski definition) is 1. The summed E-state index contributed by atoms with van der Waals surface area (Å²) in [5.41, 5.74) is 11.2. The average Bonchev–Trinajstić information content (AvgIpc) is 4.00. The first-order chi connectivity index (χ1) is 24.7. The number of thiazole rings is 2. The standard InChI is InChI=1S/C40H24N6O2S2/c47-21-23-1-5-25(6-2-23)35-27-9-13-31(43-27)37(39-41-17-19-49-39)33-15-11-29(45-33)36(26-7-3-24(22-48)4-8-26)30-12-16-34(46-30)38(40-42-18-20-50-40)32-14-10-28(35)44-32/h1-15,17-22,43H,16H2. The quantitative estimate of drug-likeness (QED) is 0.205. The molecule has 8 nitrogen and oxygen atoms in total. The molecule has 50 heavy (non-hydrogen) atoms. The van der Waals surface area contributed by atoms with Crippen molar-refractivity contribution in [2.24, 2.45) is 15.0 Å². The largest absolute Gasteiger partial charge is 0.354 e. The Morgan fingerprint density at radius 1 is 0.580 bits per heavy atom. The van der Waals surface area contributed by atoms with E-state index in [1.165, 1.54) is 0 Å². The highest BCUT2D eigenvalue weighted by Crippen LogP contribution is 2.38. The molecule has 0 saturated carbocycles. The van der Waals surface area contributed by atoms with Crippen LogP contribution in [0.25, 0.3) is 22.3 Å². The van der Waals surface area contributed by atoms with E-state index in [2.05, 4.69) is 17.1 Å². The Hall–Kier alpha value is -6.23. The van der Waals surface area contributed by atoms with E-state index in [9.17, 15) is 9.59 Å². The van der Waals surface area contributed by atoms with Crippen molar-refractivity contribution >= 4 is 74.7 Å². The molecule has 0 saturated heterocycles. The van der Waals surface area contributed by atoms with Gasteiger partial charge in [0.2, 0.25) is 0 Å². The van der Waals surface area contributed by atoms with E-state index in [-0.39, 0.29) is 0 Å². The first-order valence-corrected chi connectivity index (χ1v) is 17.6. The van der Waals surface area contributed by atoms with E-state index in [1.807, 2.05) is 89.7 Å². The lowest BCUT2D eigenvalue weighted by atomic mass is 9.99. The molecule has 3 aromatic heterocycles. The van der Waals surface area contributed by atoms with Crippen molar-refractivity contribution < 1.29 is 9.59 Å². The van der Waals surface area contributed by atoms with E-state index >= 15 is 0 Å². The van der Waals surface area contributed by atoms with E-state index in [0.717, 1.165) is 101 Å². The van der Waals surface area contributed by atoms with Gasteiger partial charge in [-0.05, 0) is 47.6 Å². The van der Waals surface area contributed by atoms with Crippen molar-refractivity contribution in [3.8, 4) is 0 Å². The van der Waals surface area contributed by atoms with Gasteiger partial charge in [0.25, 0.3) is 0 Å². The zero-order chi connectivity index (χ0) is 33.6. The average molecular weight is 685 g/mol. The highest BCUT2D eigenvalue weighted by atomic mass is 32.1. The minimum atomic E-state index is 0.579. The van der Waals surface area contributed by atoms with Gasteiger partial charge >= 0.3 is 0 Å². The summed E-state index contributed by atoms with van der Waals surface area (Å²) in [6.45, 7) is 0. The third kappa shape index (κ3) is 5.18. The molecule has 0 atom stereocenters. The summed E-state index contributed by atoms with van der Waals surface area (Å²) in [5, 5.41) is 7.29. The molecule has 2 aromatic carbocycles. The van der Waals surface area contributed by atoms with Gasteiger partial charge in [-0.2, -0.15) is 0 Å². The molecular formula is C40H24N6O2S2. The number of nitrogens with zero attached hydrogens (tertiary/aromatic N) is 5. The second kappa shape index (κ2) is 12.3. The summed E-state index contributed by atoms with van der Waals surface area (Å²) in [4.78, 5) is 51.9. The lowest BCUT2D eigenvalue weighted by Gasteiger charge is -2.11. The van der Waals surface area contributed by atoms with E-state index in [4.69, 9.17) is 24.9 Å². The van der Waals surface area contributed by atoms with Crippen LogP contribution in [0.15, 0.2) is 146 Å². The number of aromatic nitrogens is 3. The molecule has 4 aliphatic rings. The van der Waals surface area contributed by atoms with Crippen molar-refractivity contribution in [1.29, 1.82) is 0 Å². The molecule has 0 fully saturated rings. The highest BCUT2D eigenvalue weighted by molar-refractivity contribution is 7.11. The minimum Gasteiger partial charge on any atom is -0.354 e. The van der Waals surface area contributed by atoms with Crippen molar-refractivity contribution in [3.63, 3.8) is 0 Å². The maximum Gasteiger partial charge on any atom is 0.150 e. The Morgan fingerprint density at radius 2 is 1.12 bits per heavy atom. The van der Waals surface area contributed by atoms with Gasteiger partial charge in [-0.25, -0.2) is 20.0 Å². The van der Waals surface area contributed by atoms with Crippen LogP contribution in [0, 0.1) is 0 Å². The van der Waals surface area contributed by atoms with Crippen molar-refractivity contribution in [2.75, 3.05) is 0 Å². The topological polar surface area (TPSA) is 113 Å². The van der Waals surface area contributed by atoms with Gasteiger partial charge in [0.15, 0.2) is 0 Å². The molecule has 0 radical (unpaired) electrons. The van der Waals surface area contributed by atoms with Gasteiger partial charge in [-0.1, -0.05) is 54.6 Å². The summed E-state index contributed by atoms with van der Waals surface area (Å²) >= 11 is 3.09. The number of fused-ring (bicyclic) bond motifs is 5. The minimum absolute atomic E-state index is 0.579. The molecular weight excluding hydrogens is 661 g/mol. The van der Waals surface area contributed by atoms with Crippen LogP contribution < -0.4 is 10.7 Å². The van der Waals surface area contributed by atoms with Gasteiger partial charge in [0, 0.05) is 57.2 Å². The maximum atomic E-state index is 11.5. The van der Waals surface area contributed by atoms with Crippen molar-refractivity contribution in [2.45, 2.75) is 6.42 Å². The molecule has 10 heteroatoms. The fourth-order valence-electron chi connectivity index (χ4n) is 6.48. The van der Waals surface area contributed by atoms with Crippen LogP contribution in [0.1, 0.15) is 48.3 Å². The fourth-order valence-corrected chi connectivity index (χ4v) is 7.89. The summed E-state index contributed by atoms with van der Waals surface area (Å²) in [7, 11) is 0. The smallest absolute Gasteiger partial charge is 0.150 e. The summed E-state index contributed by atoms with van der Waals surface area (Å²) in [6.07, 6.45) is 16.1. The van der Waals surface area contributed by atoms with Crippen LogP contribution >= 0.6 is 22.7 Å². The number of benzene rings is 2. The molecule has 5 aromatic rings. The Kier molecular flexibility index (Phi) is 7.37. The third-order valence-corrected chi connectivity index (χ3v) is 10.4. The molecule has 9 rings (SSSR count). The van der Waals surface area contributed by atoms with E-state index in [1.54, 1.807) is 35.1 Å². The van der Waals surface area contributed by atoms with Gasteiger partial charge in [-0.3, -0.25) is 14.6 Å². The number of carbonyl (C=O) groups excluding carboxylic acids is 2. The lowest BCUT2D eigenvalue weighted by Crippen LogP contribution is -2.21. The summed E-state index contributed by atoms with van der Waals surface area (Å²) in [5.74, 6) is 0. The Labute approximate surface area is 293 Å². The number of nitrogens with one attached hydrogen (secondary N) is 1. The summed E-state index contributed by atoms with van der Waals surface area (Å²) < 4.78 is 0. The molecule has 7 heterocycles. The first kappa shape index (κ1) is 29.9. The number of rotatable bonds is 6. The number of aliphatic imine (C=N–C) groups is 3. The number of carbonyl (C=O) groups is 2. The second-order valence-corrected chi connectivity index (χ2v) is 13.5. The zero-order valence-corrected chi connectivity index (χ0v) is 27.8. The fraction of sp³-hybridized carbons (Fsp3) is 0.0250. The second-order valence-electron chi connectivity index (χ2n) is 11.7. The maximum absolute atomic E-state index is 11.5. The zero-order valence-electron chi connectivity index (χ0n) is 26.2. The van der Waals surface area contributed by atoms with Gasteiger partial charge in [-0.15, -0.1) is 22.7 Å². The number of allylic oxidation sites excluding steroid dienone is 7. The highest BCUT2D eigenvalue weighted by Gasteiger charge is 2.27. The molecule has 0 aliphatic carbocycles. The Bertz CT molecular complexity index is 2610. The van der Waals surface area contributed by atoms with Gasteiger partial charge < -0.3 is 4.98 Å². The molecule has 8 bridgehead atoms. The molecule has 0 spiro atoms. The third-order valence-electron chi connectivity index (χ3n) is 8.78. The predicted octanol–water partition coefficient (Wildman–Crippen LogP) is 6.54. The molecule has 4 aliphatic heterocycles. The molecule has 238 valence electrons. The molecule has 1 N–H and O–H groups in total. The Morgan fingerprint density at radius 3 is 1.70 bits per heavy atom. The van der Waals surface area contributed by atoms with Crippen LogP contribution in [-0.2, 0) is 0 Å². The number of H-pyrrole nitrogens is 1. The predicted molar refractivity (Wildman–Crippen MR) is 200 cm³/mol. The van der Waals surface area contributed by atoms with Crippen LogP contribution in [0.5, 0.6) is 0 Å². The van der Waals surface area contributed by atoms with Crippen molar-refractivity contribution in [1.82, 2.24) is 15.0 Å². The lowest BCUT2D eigenvalue weighted by molar-refractivity contribution is 0.111.